The molecule has 0 radical (unpaired) electrons. The quantitative estimate of drug-likeness (QED) is 0.533. The van der Waals surface area contributed by atoms with Crippen molar-refractivity contribution in [2.45, 2.75) is 66.2 Å². The average molecular weight is 220 g/mol. The smallest absolute Gasteiger partial charge is 0.0152 e. The monoisotopic (exact) mass is 220 g/mol. The minimum atomic E-state index is 0.547. The molecule has 0 aliphatic heterocycles. The predicted molar refractivity (Wildman–Crippen MR) is 71.4 cm³/mol. The Morgan fingerprint density at radius 1 is 1.25 bits per heavy atom. The SMILES string of the molecule is C=C1CC[C@H]2C(C)(C)CCCC2(C)C1CC. The Hall–Kier alpha value is -0.260. The van der Waals surface area contributed by atoms with Crippen molar-refractivity contribution in [1.29, 1.82) is 0 Å². The molecular formula is C16H28. The lowest BCUT2D eigenvalue weighted by Gasteiger charge is -2.58. The molecule has 92 valence electrons. The molecule has 0 aromatic rings. The highest BCUT2D eigenvalue weighted by Crippen LogP contribution is 2.61. The van der Waals surface area contributed by atoms with E-state index in [-0.39, 0.29) is 0 Å². The maximum Gasteiger partial charge on any atom is -0.0152 e. The van der Waals surface area contributed by atoms with E-state index in [4.69, 9.17) is 0 Å². The van der Waals surface area contributed by atoms with Crippen LogP contribution in [0.1, 0.15) is 66.2 Å². The van der Waals surface area contributed by atoms with Gasteiger partial charge in [0, 0.05) is 0 Å². The third-order valence-electron chi connectivity index (χ3n) is 5.73. The fourth-order valence-corrected chi connectivity index (χ4v) is 5.03. The van der Waals surface area contributed by atoms with E-state index < -0.39 is 0 Å². The minimum Gasteiger partial charge on any atom is -0.0996 e. The molecule has 0 heterocycles. The minimum absolute atomic E-state index is 0.547. The number of allylic oxidation sites excluding steroid dienone is 1. The van der Waals surface area contributed by atoms with E-state index in [1.807, 2.05) is 0 Å². The van der Waals surface area contributed by atoms with Crippen LogP contribution in [0.2, 0.25) is 0 Å². The first-order chi connectivity index (χ1) is 7.42. The van der Waals surface area contributed by atoms with Crippen molar-refractivity contribution in [3.05, 3.63) is 12.2 Å². The molecule has 2 saturated carbocycles. The highest BCUT2D eigenvalue weighted by molar-refractivity contribution is 5.15. The molecule has 16 heavy (non-hydrogen) atoms. The molecule has 2 aliphatic carbocycles. The molecule has 0 aromatic heterocycles. The van der Waals surface area contributed by atoms with Gasteiger partial charge in [-0.05, 0) is 54.8 Å². The molecule has 0 heteroatoms. The zero-order valence-corrected chi connectivity index (χ0v) is 11.6. The number of hydrogen-bond acceptors (Lipinski definition) is 0. The van der Waals surface area contributed by atoms with E-state index in [1.165, 1.54) is 38.5 Å². The molecule has 0 nitrogen and oxygen atoms in total. The van der Waals surface area contributed by atoms with E-state index in [0.717, 1.165) is 11.8 Å². The summed E-state index contributed by atoms with van der Waals surface area (Å²) in [4.78, 5) is 0. The summed E-state index contributed by atoms with van der Waals surface area (Å²) in [5.41, 5.74) is 2.64. The lowest BCUT2D eigenvalue weighted by molar-refractivity contribution is -0.0527. The molecular weight excluding hydrogens is 192 g/mol. The summed E-state index contributed by atoms with van der Waals surface area (Å²) < 4.78 is 0. The van der Waals surface area contributed by atoms with E-state index >= 15 is 0 Å². The second-order valence-electron chi connectivity index (χ2n) is 7.06. The summed E-state index contributed by atoms with van der Waals surface area (Å²) in [7, 11) is 0. The van der Waals surface area contributed by atoms with Crippen LogP contribution in [-0.4, -0.2) is 0 Å². The molecule has 0 aromatic carbocycles. The zero-order chi connectivity index (χ0) is 12.0. The molecule has 2 aliphatic rings. The number of rotatable bonds is 1. The fourth-order valence-electron chi connectivity index (χ4n) is 5.03. The van der Waals surface area contributed by atoms with Crippen molar-refractivity contribution >= 4 is 0 Å². The molecule has 3 atom stereocenters. The molecule has 0 amide bonds. The van der Waals surface area contributed by atoms with Gasteiger partial charge < -0.3 is 0 Å². The van der Waals surface area contributed by atoms with Crippen LogP contribution < -0.4 is 0 Å². The first-order valence-electron chi connectivity index (χ1n) is 7.09. The number of fused-ring (bicyclic) bond motifs is 1. The van der Waals surface area contributed by atoms with E-state index in [0.29, 0.717) is 10.8 Å². The molecule has 0 N–H and O–H groups in total. The standard InChI is InChI=1S/C16H28/c1-6-13-12(2)8-9-14-15(3,4)10-7-11-16(13,14)5/h13-14H,2,6-11H2,1,3-5H3/t13?,14-,16?/m0/s1. The van der Waals surface area contributed by atoms with Crippen LogP contribution in [0.25, 0.3) is 0 Å². The maximum absolute atomic E-state index is 4.35. The molecule has 2 unspecified atom stereocenters. The summed E-state index contributed by atoms with van der Waals surface area (Å²) in [6.45, 7) is 14.2. The Morgan fingerprint density at radius 2 is 1.94 bits per heavy atom. The molecule has 0 saturated heterocycles. The highest BCUT2D eigenvalue weighted by atomic mass is 14.6. The van der Waals surface area contributed by atoms with Gasteiger partial charge >= 0.3 is 0 Å². The third-order valence-corrected chi connectivity index (χ3v) is 5.73. The maximum atomic E-state index is 4.35. The van der Waals surface area contributed by atoms with Gasteiger partial charge in [0.25, 0.3) is 0 Å². The lowest BCUT2D eigenvalue weighted by atomic mass is 9.47. The van der Waals surface area contributed by atoms with Gasteiger partial charge in [0.2, 0.25) is 0 Å². The summed E-state index contributed by atoms with van der Waals surface area (Å²) in [5.74, 6) is 1.70. The Balaban J connectivity index is 2.34. The summed E-state index contributed by atoms with van der Waals surface area (Å²) in [6, 6.07) is 0. The first-order valence-corrected chi connectivity index (χ1v) is 7.09. The van der Waals surface area contributed by atoms with Crippen molar-refractivity contribution in [2.24, 2.45) is 22.7 Å². The van der Waals surface area contributed by atoms with Crippen molar-refractivity contribution in [3.63, 3.8) is 0 Å². The van der Waals surface area contributed by atoms with Gasteiger partial charge in [-0.25, -0.2) is 0 Å². The first kappa shape index (κ1) is 12.2. The van der Waals surface area contributed by atoms with Crippen LogP contribution in [0.4, 0.5) is 0 Å². The van der Waals surface area contributed by atoms with Gasteiger partial charge in [0.15, 0.2) is 0 Å². The number of hydrogen-bond donors (Lipinski definition) is 0. The lowest BCUT2D eigenvalue weighted by Crippen LogP contribution is -2.49. The average Bonchev–Trinajstić information content (AvgIpc) is 2.15. The molecule has 0 spiro atoms. The van der Waals surface area contributed by atoms with Crippen LogP contribution in [0.3, 0.4) is 0 Å². The second kappa shape index (κ2) is 3.89. The van der Waals surface area contributed by atoms with E-state index in [9.17, 15) is 0 Å². The third kappa shape index (κ3) is 1.65. The van der Waals surface area contributed by atoms with E-state index in [2.05, 4.69) is 34.3 Å². The van der Waals surface area contributed by atoms with Crippen molar-refractivity contribution in [3.8, 4) is 0 Å². The van der Waals surface area contributed by atoms with Crippen LogP contribution in [0, 0.1) is 22.7 Å². The second-order valence-corrected chi connectivity index (χ2v) is 7.06. The Labute approximate surface area is 102 Å². The van der Waals surface area contributed by atoms with Crippen molar-refractivity contribution in [1.82, 2.24) is 0 Å². The topological polar surface area (TPSA) is 0 Å². The van der Waals surface area contributed by atoms with Gasteiger partial charge in [-0.2, -0.15) is 0 Å². The summed E-state index contributed by atoms with van der Waals surface area (Å²) >= 11 is 0. The van der Waals surface area contributed by atoms with Crippen LogP contribution in [0.15, 0.2) is 12.2 Å². The fraction of sp³-hybridized carbons (Fsp3) is 0.875. The van der Waals surface area contributed by atoms with Crippen molar-refractivity contribution < 1.29 is 0 Å². The summed E-state index contributed by atoms with van der Waals surface area (Å²) in [6.07, 6.45) is 8.24. The highest BCUT2D eigenvalue weighted by Gasteiger charge is 2.52. The molecule has 2 fully saturated rings. The zero-order valence-electron chi connectivity index (χ0n) is 11.6. The summed E-state index contributed by atoms with van der Waals surface area (Å²) in [5, 5.41) is 0. The largest absolute Gasteiger partial charge is 0.0996 e. The van der Waals surface area contributed by atoms with E-state index in [1.54, 1.807) is 5.57 Å². The van der Waals surface area contributed by atoms with Gasteiger partial charge in [0.05, 0.1) is 0 Å². The van der Waals surface area contributed by atoms with Gasteiger partial charge in [-0.3, -0.25) is 0 Å². The Morgan fingerprint density at radius 3 is 2.56 bits per heavy atom. The van der Waals surface area contributed by atoms with Gasteiger partial charge in [-0.1, -0.05) is 46.3 Å². The Kier molecular flexibility index (Phi) is 2.97. The van der Waals surface area contributed by atoms with Crippen LogP contribution >= 0.6 is 0 Å². The molecule has 0 bridgehead atoms. The van der Waals surface area contributed by atoms with Crippen molar-refractivity contribution in [2.75, 3.05) is 0 Å². The Bertz CT molecular complexity index is 286. The molecule has 2 rings (SSSR count). The normalized spacial score (nSPS) is 42.9. The van der Waals surface area contributed by atoms with Gasteiger partial charge in [0.1, 0.15) is 0 Å². The van der Waals surface area contributed by atoms with Gasteiger partial charge in [-0.15, -0.1) is 0 Å². The predicted octanol–water partition coefficient (Wildman–Crippen LogP) is 5.20. The van der Waals surface area contributed by atoms with Crippen LogP contribution in [-0.2, 0) is 0 Å². The van der Waals surface area contributed by atoms with Crippen LogP contribution in [0.5, 0.6) is 0 Å².